The minimum absolute atomic E-state index is 0.482. The Labute approximate surface area is 98.3 Å². The highest BCUT2D eigenvalue weighted by Crippen LogP contribution is 2.17. The van der Waals surface area contributed by atoms with Crippen molar-refractivity contribution in [2.45, 2.75) is 13.3 Å². The third-order valence-corrected chi connectivity index (χ3v) is 2.61. The highest BCUT2D eigenvalue weighted by Gasteiger charge is 2.04. The van der Waals surface area contributed by atoms with Crippen LogP contribution >= 0.6 is 11.6 Å². The number of rotatable bonds is 4. The van der Waals surface area contributed by atoms with Gasteiger partial charge in [0.25, 0.3) is 0 Å². The van der Waals surface area contributed by atoms with Gasteiger partial charge in [0.2, 0.25) is 0 Å². The quantitative estimate of drug-likeness (QED) is 0.796. The molecule has 0 aliphatic rings. The number of halogens is 1. The van der Waals surface area contributed by atoms with Crippen molar-refractivity contribution in [3.05, 3.63) is 35.3 Å². The fourth-order valence-corrected chi connectivity index (χ4v) is 1.47. The summed E-state index contributed by atoms with van der Waals surface area (Å²) in [5.74, 6) is 1.72. The van der Waals surface area contributed by atoms with Gasteiger partial charge < -0.3 is 10.3 Å². The van der Waals surface area contributed by atoms with Gasteiger partial charge in [0.05, 0.1) is 0 Å². The summed E-state index contributed by atoms with van der Waals surface area (Å²) in [5, 5.41) is 3.68. The summed E-state index contributed by atoms with van der Waals surface area (Å²) >= 11 is 5.88. The second-order valence-electron chi connectivity index (χ2n) is 3.35. The number of nitrogens with zero attached hydrogens (tertiary/aromatic N) is 3. The molecule has 16 heavy (non-hydrogen) atoms. The van der Waals surface area contributed by atoms with E-state index in [4.69, 9.17) is 11.6 Å². The molecule has 0 unspecified atom stereocenters. The molecule has 6 heteroatoms. The van der Waals surface area contributed by atoms with Crippen LogP contribution in [-0.2, 0) is 6.42 Å². The Balaban J connectivity index is 1.92. The van der Waals surface area contributed by atoms with Gasteiger partial charge in [-0.05, 0) is 6.92 Å². The predicted molar refractivity (Wildman–Crippen MR) is 62.6 cm³/mol. The number of H-pyrrole nitrogens is 1. The number of aromatic nitrogens is 4. The molecule has 0 fully saturated rings. The summed E-state index contributed by atoms with van der Waals surface area (Å²) < 4.78 is 0. The lowest BCUT2D eigenvalue weighted by atomic mass is 10.3. The molecule has 0 bridgehead atoms. The van der Waals surface area contributed by atoms with Crippen molar-refractivity contribution >= 4 is 17.4 Å². The van der Waals surface area contributed by atoms with E-state index in [1.807, 2.05) is 13.1 Å². The molecule has 2 rings (SSSR count). The summed E-state index contributed by atoms with van der Waals surface area (Å²) in [6, 6.07) is 0. The van der Waals surface area contributed by atoms with Crippen LogP contribution in [0.2, 0.25) is 5.15 Å². The number of aromatic amines is 1. The minimum Gasteiger partial charge on any atom is -0.369 e. The molecule has 0 aliphatic carbocycles. The van der Waals surface area contributed by atoms with E-state index in [1.54, 1.807) is 6.20 Å². The van der Waals surface area contributed by atoms with Crippen LogP contribution < -0.4 is 5.32 Å². The standard InChI is InChI=1S/C10H12ClN5/c1-7-9(11)15-6-16-10(7)14-3-2-8-12-4-5-13-8/h4-6H,2-3H2,1H3,(H,12,13)(H,14,15,16). The van der Waals surface area contributed by atoms with E-state index in [0.29, 0.717) is 5.15 Å². The molecule has 0 aromatic carbocycles. The van der Waals surface area contributed by atoms with E-state index < -0.39 is 0 Å². The van der Waals surface area contributed by atoms with Crippen LogP contribution in [0.3, 0.4) is 0 Å². The molecule has 2 aromatic heterocycles. The Morgan fingerprint density at radius 3 is 3.00 bits per heavy atom. The van der Waals surface area contributed by atoms with Gasteiger partial charge in [0, 0.05) is 30.9 Å². The van der Waals surface area contributed by atoms with Gasteiger partial charge in [-0.1, -0.05) is 11.6 Å². The van der Waals surface area contributed by atoms with Crippen molar-refractivity contribution < 1.29 is 0 Å². The first-order valence-corrected chi connectivity index (χ1v) is 5.34. The summed E-state index contributed by atoms with van der Waals surface area (Å²) in [7, 11) is 0. The Kier molecular flexibility index (Phi) is 3.36. The summed E-state index contributed by atoms with van der Waals surface area (Å²) in [4.78, 5) is 15.2. The van der Waals surface area contributed by atoms with Gasteiger partial charge in [-0.2, -0.15) is 0 Å². The lowest BCUT2D eigenvalue weighted by Crippen LogP contribution is -2.09. The van der Waals surface area contributed by atoms with Crippen LogP contribution in [0.25, 0.3) is 0 Å². The molecule has 84 valence electrons. The first-order valence-electron chi connectivity index (χ1n) is 4.96. The topological polar surface area (TPSA) is 66.5 Å². The third kappa shape index (κ3) is 2.49. The van der Waals surface area contributed by atoms with Crippen molar-refractivity contribution in [3.63, 3.8) is 0 Å². The Bertz CT molecular complexity index is 454. The molecule has 0 aliphatic heterocycles. The lowest BCUT2D eigenvalue weighted by Gasteiger charge is -2.07. The van der Waals surface area contributed by atoms with Crippen LogP contribution in [0.5, 0.6) is 0 Å². The van der Waals surface area contributed by atoms with E-state index >= 15 is 0 Å². The highest BCUT2D eigenvalue weighted by atomic mass is 35.5. The smallest absolute Gasteiger partial charge is 0.137 e. The minimum atomic E-state index is 0.482. The van der Waals surface area contributed by atoms with E-state index in [-0.39, 0.29) is 0 Å². The average Bonchev–Trinajstić information content (AvgIpc) is 2.77. The lowest BCUT2D eigenvalue weighted by molar-refractivity contribution is 0.917. The molecule has 0 saturated heterocycles. The largest absolute Gasteiger partial charge is 0.369 e. The molecule has 0 radical (unpaired) electrons. The Morgan fingerprint density at radius 2 is 2.25 bits per heavy atom. The fourth-order valence-electron chi connectivity index (χ4n) is 1.34. The number of nitrogens with one attached hydrogen (secondary N) is 2. The molecule has 0 atom stereocenters. The summed E-state index contributed by atoms with van der Waals surface area (Å²) in [5.41, 5.74) is 0.864. The second-order valence-corrected chi connectivity index (χ2v) is 3.71. The summed E-state index contributed by atoms with van der Waals surface area (Å²) in [6.07, 6.45) is 5.81. The fraction of sp³-hybridized carbons (Fsp3) is 0.300. The molecule has 0 amide bonds. The van der Waals surface area contributed by atoms with Gasteiger partial charge in [0.1, 0.15) is 23.1 Å². The van der Waals surface area contributed by atoms with Crippen molar-refractivity contribution in [3.8, 4) is 0 Å². The first-order chi connectivity index (χ1) is 7.77. The Hall–Kier alpha value is -1.62. The molecular formula is C10H12ClN5. The van der Waals surface area contributed by atoms with Gasteiger partial charge in [-0.25, -0.2) is 15.0 Å². The van der Waals surface area contributed by atoms with Crippen LogP contribution in [0.15, 0.2) is 18.7 Å². The number of hydrogen-bond acceptors (Lipinski definition) is 4. The van der Waals surface area contributed by atoms with E-state index in [2.05, 4.69) is 25.3 Å². The average molecular weight is 238 g/mol. The van der Waals surface area contributed by atoms with Gasteiger partial charge in [-0.3, -0.25) is 0 Å². The molecule has 2 N–H and O–H groups in total. The zero-order valence-electron chi connectivity index (χ0n) is 8.87. The van der Waals surface area contributed by atoms with Crippen molar-refractivity contribution in [1.29, 1.82) is 0 Å². The third-order valence-electron chi connectivity index (χ3n) is 2.23. The van der Waals surface area contributed by atoms with Crippen LogP contribution in [-0.4, -0.2) is 26.5 Å². The second kappa shape index (κ2) is 4.94. The molecule has 5 nitrogen and oxygen atoms in total. The normalized spacial score (nSPS) is 10.4. The first kappa shape index (κ1) is 10.9. The zero-order chi connectivity index (χ0) is 11.4. The maximum atomic E-state index is 5.88. The molecule has 0 spiro atoms. The monoisotopic (exact) mass is 237 g/mol. The molecule has 2 aromatic rings. The number of anilines is 1. The van der Waals surface area contributed by atoms with Gasteiger partial charge >= 0.3 is 0 Å². The van der Waals surface area contributed by atoms with Crippen molar-refractivity contribution in [1.82, 2.24) is 19.9 Å². The number of imidazole rings is 1. The molecular weight excluding hydrogens is 226 g/mol. The van der Waals surface area contributed by atoms with Crippen LogP contribution in [0, 0.1) is 6.92 Å². The summed E-state index contributed by atoms with van der Waals surface area (Å²) in [6.45, 7) is 2.64. The van der Waals surface area contributed by atoms with Gasteiger partial charge in [0.15, 0.2) is 0 Å². The van der Waals surface area contributed by atoms with Crippen LogP contribution in [0.1, 0.15) is 11.4 Å². The maximum absolute atomic E-state index is 5.88. The zero-order valence-corrected chi connectivity index (χ0v) is 9.62. The molecule has 0 saturated carbocycles. The van der Waals surface area contributed by atoms with E-state index in [1.165, 1.54) is 6.33 Å². The van der Waals surface area contributed by atoms with Gasteiger partial charge in [-0.15, -0.1) is 0 Å². The number of hydrogen-bond donors (Lipinski definition) is 2. The maximum Gasteiger partial charge on any atom is 0.137 e. The predicted octanol–water partition coefficient (Wildman–Crippen LogP) is 1.82. The Morgan fingerprint density at radius 1 is 1.38 bits per heavy atom. The highest BCUT2D eigenvalue weighted by molar-refractivity contribution is 6.30. The van der Waals surface area contributed by atoms with Crippen LogP contribution in [0.4, 0.5) is 5.82 Å². The van der Waals surface area contributed by atoms with E-state index in [9.17, 15) is 0 Å². The molecule has 2 heterocycles. The SMILES string of the molecule is Cc1c(Cl)ncnc1NCCc1ncc[nH]1. The van der Waals surface area contributed by atoms with Crippen molar-refractivity contribution in [2.75, 3.05) is 11.9 Å². The van der Waals surface area contributed by atoms with E-state index in [0.717, 1.165) is 30.2 Å². The van der Waals surface area contributed by atoms with Crippen molar-refractivity contribution in [2.24, 2.45) is 0 Å².